The van der Waals surface area contributed by atoms with Gasteiger partial charge in [0.2, 0.25) is 0 Å². The summed E-state index contributed by atoms with van der Waals surface area (Å²) < 4.78 is 0. The molecule has 0 spiro atoms. The molecule has 2 atom stereocenters. The lowest BCUT2D eigenvalue weighted by molar-refractivity contribution is 0.125. The number of aliphatic hydroxyl groups excluding tert-OH is 1. The smallest absolute Gasteiger partial charge is 0.0621 e. The second-order valence-corrected chi connectivity index (χ2v) is 4.13. The molecule has 80 valence electrons. The molecule has 0 fully saturated rings. The number of rotatable bonds is 6. The number of hydrogen-bond acceptors (Lipinski definition) is 3. The van der Waals surface area contributed by atoms with E-state index in [1.807, 2.05) is 6.92 Å². The lowest BCUT2D eigenvalue weighted by Crippen LogP contribution is -2.52. The molecule has 13 heavy (non-hydrogen) atoms. The van der Waals surface area contributed by atoms with Gasteiger partial charge in [0.1, 0.15) is 0 Å². The fourth-order valence-corrected chi connectivity index (χ4v) is 1.35. The first kappa shape index (κ1) is 12.9. The van der Waals surface area contributed by atoms with Crippen LogP contribution in [0.1, 0.15) is 34.1 Å². The molecule has 0 bridgehead atoms. The molecule has 0 aliphatic heterocycles. The monoisotopic (exact) mass is 188 g/mol. The van der Waals surface area contributed by atoms with Crippen molar-refractivity contribution in [3.63, 3.8) is 0 Å². The van der Waals surface area contributed by atoms with Gasteiger partial charge in [0, 0.05) is 18.1 Å². The van der Waals surface area contributed by atoms with E-state index in [9.17, 15) is 0 Å². The van der Waals surface area contributed by atoms with E-state index < -0.39 is 5.54 Å². The van der Waals surface area contributed by atoms with Gasteiger partial charge in [-0.1, -0.05) is 13.8 Å². The SMILES string of the molecule is CCC(C)N(CC)CC(C)(N)CO. The lowest BCUT2D eigenvalue weighted by Gasteiger charge is -2.34. The highest BCUT2D eigenvalue weighted by molar-refractivity contribution is 4.83. The normalized spacial score (nSPS) is 18.7. The van der Waals surface area contributed by atoms with E-state index in [-0.39, 0.29) is 6.61 Å². The number of nitrogens with zero attached hydrogens (tertiary/aromatic N) is 1. The molecule has 3 heteroatoms. The van der Waals surface area contributed by atoms with Gasteiger partial charge < -0.3 is 10.8 Å². The van der Waals surface area contributed by atoms with Crippen LogP contribution >= 0.6 is 0 Å². The van der Waals surface area contributed by atoms with Crippen LogP contribution in [0, 0.1) is 0 Å². The van der Waals surface area contributed by atoms with Crippen LogP contribution in [0.5, 0.6) is 0 Å². The Balaban J connectivity index is 4.11. The fourth-order valence-electron chi connectivity index (χ4n) is 1.35. The van der Waals surface area contributed by atoms with E-state index in [0.29, 0.717) is 6.04 Å². The Hall–Kier alpha value is -0.120. The van der Waals surface area contributed by atoms with Gasteiger partial charge in [0.25, 0.3) is 0 Å². The van der Waals surface area contributed by atoms with Crippen LogP contribution in [0.15, 0.2) is 0 Å². The molecule has 3 nitrogen and oxygen atoms in total. The minimum Gasteiger partial charge on any atom is -0.394 e. The van der Waals surface area contributed by atoms with Crippen LogP contribution in [-0.4, -0.2) is 41.3 Å². The molecule has 0 aromatic rings. The van der Waals surface area contributed by atoms with Gasteiger partial charge in [-0.05, 0) is 26.8 Å². The molecule has 0 saturated heterocycles. The summed E-state index contributed by atoms with van der Waals surface area (Å²) in [4.78, 5) is 2.30. The maximum absolute atomic E-state index is 9.04. The largest absolute Gasteiger partial charge is 0.394 e. The van der Waals surface area contributed by atoms with Crippen LogP contribution in [0.25, 0.3) is 0 Å². The van der Waals surface area contributed by atoms with Crippen LogP contribution in [0.3, 0.4) is 0 Å². The van der Waals surface area contributed by atoms with Gasteiger partial charge in [-0.3, -0.25) is 4.90 Å². The summed E-state index contributed by atoms with van der Waals surface area (Å²) in [6, 6.07) is 0.541. The molecule has 0 aliphatic carbocycles. The number of nitrogens with two attached hydrogens (primary N) is 1. The predicted molar refractivity (Wildman–Crippen MR) is 56.7 cm³/mol. The van der Waals surface area contributed by atoms with E-state index >= 15 is 0 Å². The van der Waals surface area contributed by atoms with Crippen molar-refractivity contribution in [3.8, 4) is 0 Å². The van der Waals surface area contributed by atoms with Gasteiger partial charge >= 0.3 is 0 Å². The molecule has 0 saturated carbocycles. The molecular formula is C10H24N2O. The third-order valence-electron chi connectivity index (χ3n) is 2.55. The van der Waals surface area contributed by atoms with E-state index in [0.717, 1.165) is 19.5 Å². The standard InChI is InChI=1S/C10H24N2O/c1-5-9(3)12(6-2)7-10(4,11)8-13/h9,13H,5-8,11H2,1-4H3. The molecule has 3 N–H and O–H groups in total. The summed E-state index contributed by atoms with van der Waals surface area (Å²) in [5.41, 5.74) is 5.42. The first-order valence-corrected chi connectivity index (χ1v) is 5.10. The predicted octanol–water partition coefficient (Wildman–Crippen LogP) is 0.817. The quantitative estimate of drug-likeness (QED) is 0.649. The van der Waals surface area contributed by atoms with Gasteiger partial charge in [0.05, 0.1) is 6.61 Å². The average Bonchev–Trinajstić information content (AvgIpc) is 2.13. The minimum atomic E-state index is -0.473. The highest BCUT2D eigenvalue weighted by atomic mass is 16.3. The third-order valence-corrected chi connectivity index (χ3v) is 2.55. The summed E-state index contributed by atoms with van der Waals surface area (Å²) in [7, 11) is 0. The van der Waals surface area contributed by atoms with Gasteiger partial charge in [-0.15, -0.1) is 0 Å². The summed E-state index contributed by atoms with van der Waals surface area (Å²) >= 11 is 0. The summed E-state index contributed by atoms with van der Waals surface area (Å²) in [5.74, 6) is 0. The Kier molecular flexibility index (Phi) is 5.53. The lowest BCUT2D eigenvalue weighted by atomic mass is 10.0. The first-order valence-electron chi connectivity index (χ1n) is 5.10. The van der Waals surface area contributed by atoms with Crippen LogP contribution in [-0.2, 0) is 0 Å². The zero-order chi connectivity index (χ0) is 10.5. The highest BCUT2D eigenvalue weighted by Gasteiger charge is 2.22. The van der Waals surface area contributed by atoms with E-state index in [1.165, 1.54) is 0 Å². The van der Waals surface area contributed by atoms with Crippen molar-refractivity contribution < 1.29 is 5.11 Å². The van der Waals surface area contributed by atoms with Gasteiger partial charge in [-0.2, -0.15) is 0 Å². The van der Waals surface area contributed by atoms with Gasteiger partial charge in [-0.25, -0.2) is 0 Å². The Bertz CT molecular complexity index is 137. The summed E-state index contributed by atoms with van der Waals surface area (Å²) in [5, 5.41) is 9.04. The van der Waals surface area contributed by atoms with E-state index in [2.05, 4.69) is 25.7 Å². The molecule has 0 heterocycles. The molecule has 0 amide bonds. The van der Waals surface area contributed by atoms with Crippen molar-refractivity contribution in [2.45, 2.75) is 45.7 Å². The Labute approximate surface area is 81.9 Å². The zero-order valence-electron chi connectivity index (χ0n) is 9.38. The van der Waals surface area contributed by atoms with Crippen LogP contribution in [0.4, 0.5) is 0 Å². The van der Waals surface area contributed by atoms with Crippen LogP contribution in [0.2, 0.25) is 0 Å². The molecule has 0 aromatic carbocycles. The Morgan fingerprint density at radius 1 is 1.46 bits per heavy atom. The molecule has 0 rings (SSSR count). The topological polar surface area (TPSA) is 49.5 Å². The van der Waals surface area contributed by atoms with E-state index in [4.69, 9.17) is 10.8 Å². The van der Waals surface area contributed by atoms with Crippen molar-refractivity contribution in [1.82, 2.24) is 4.90 Å². The van der Waals surface area contributed by atoms with Crippen molar-refractivity contribution in [3.05, 3.63) is 0 Å². The Morgan fingerprint density at radius 3 is 2.31 bits per heavy atom. The average molecular weight is 188 g/mol. The van der Waals surface area contributed by atoms with Crippen molar-refractivity contribution in [1.29, 1.82) is 0 Å². The number of aliphatic hydroxyl groups is 1. The first-order chi connectivity index (χ1) is 5.96. The highest BCUT2D eigenvalue weighted by Crippen LogP contribution is 2.08. The minimum absolute atomic E-state index is 0.0416. The van der Waals surface area contributed by atoms with Crippen molar-refractivity contribution in [2.24, 2.45) is 5.73 Å². The molecule has 0 aliphatic rings. The van der Waals surface area contributed by atoms with E-state index in [1.54, 1.807) is 0 Å². The summed E-state index contributed by atoms with van der Waals surface area (Å²) in [6.07, 6.45) is 1.12. The summed E-state index contributed by atoms with van der Waals surface area (Å²) in [6.45, 7) is 10.2. The maximum atomic E-state index is 9.04. The number of likely N-dealkylation sites (N-methyl/N-ethyl adjacent to an activating group) is 1. The molecular weight excluding hydrogens is 164 g/mol. The fraction of sp³-hybridized carbons (Fsp3) is 1.00. The molecule has 0 radical (unpaired) electrons. The van der Waals surface area contributed by atoms with Crippen molar-refractivity contribution >= 4 is 0 Å². The van der Waals surface area contributed by atoms with Crippen molar-refractivity contribution in [2.75, 3.05) is 19.7 Å². The zero-order valence-corrected chi connectivity index (χ0v) is 9.38. The molecule has 2 unspecified atom stereocenters. The van der Waals surface area contributed by atoms with Crippen LogP contribution < -0.4 is 5.73 Å². The second kappa shape index (κ2) is 5.58. The second-order valence-electron chi connectivity index (χ2n) is 4.13. The molecule has 0 aromatic heterocycles. The third kappa shape index (κ3) is 4.60. The number of hydrogen-bond donors (Lipinski definition) is 2. The maximum Gasteiger partial charge on any atom is 0.0621 e. The van der Waals surface area contributed by atoms with Gasteiger partial charge in [0.15, 0.2) is 0 Å². The Morgan fingerprint density at radius 2 is 2.00 bits per heavy atom.